The highest BCUT2D eigenvalue weighted by molar-refractivity contribution is 7.18. The number of nitrogens with zero attached hydrogens (tertiary/aromatic N) is 2. The zero-order valence-corrected chi connectivity index (χ0v) is 17.6. The van der Waals surface area contributed by atoms with E-state index >= 15 is 0 Å². The second-order valence-corrected chi connectivity index (χ2v) is 9.31. The van der Waals surface area contributed by atoms with Crippen LogP contribution in [0.5, 0.6) is 0 Å². The van der Waals surface area contributed by atoms with Gasteiger partial charge in [0.15, 0.2) is 5.82 Å². The first kappa shape index (κ1) is 18.1. The van der Waals surface area contributed by atoms with Crippen LogP contribution in [0.4, 0.5) is 0 Å². The minimum Gasteiger partial charge on any atom is -0.305 e. The Morgan fingerprint density at radius 1 is 1.18 bits per heavy atom. The molecule has 28 heavy (non-hydrogen) atoms. The molecule has 0 saturated carbocycles. The van der Waals surface area contributed by atoms with Crippen LogP contribution in [0.2, 0.25) is 5.02 Å². The Balaban J connectivity index is 1.49. The fraction of sp³-hybridized carbons (Fsp3) is 0.150. The van der Waals surface area contributed by atoms with Crippen LogP contribution in [0.3, 0.4) is 0 Å². The highest BCUT2D eigenvalue weighted by Gasteiger charge is 2.21. The van der Waals surface area contributed by atoms with E-state index in [1.165, 1.54) is 16.2 Å². The predicted molar refractivity (Wildman–Crippen MR) is 119 cm³/mol. The zero-order valence-electron chi connectivity index (χ0n) is 14.5. The van der Waals surface area contributed by atoms with Crippen molar-refractivity contribution in [2.24, 2.45) is 0 Å². The number of H-pyrrole nitrogens is 1. The van der Waals surface area contributed by atoms with Gasteiger partial charge in [-0.3, -0.25) is 4.79 Å². The number of thiazole rings is 1. The van der Waals surface area contributed by atoms with Gasteiger partial charge >= 0.3 is 0 Å². The van der Waals surface area contributed by atoms with Gasteiger partial charge in [-0.25, -0.2) is 9.97 Å². The Kier molecular flexibility index (Phi) is 4.59. The molecule has 8 heteroatoms. The highest BCUT2D eigenvalue weighted by atomic mass is 35.5. The largest absolute Gasteiger partial charge is 0.305 e. The van der Waals surface area contributed by atoms with Crippen LogP contribution < -0.4 is 5.56 Å². The van der Waals surface area contributed by atoms with Crippen molar-refractivity contribution in [2.45, 2.75) is 19.3 Å². The highest BCUT2D eigenvalue weighted by Crippen LogP contribution is 2.35. The van der Waals surface area contributed by atoms with Gasteiger partial charge in [0.1, 0.15) is 9.84 Å². The number of rotatable bonds is 3. The Hall–Kier alpha value is -1.99. The van der Waals surface area contributed by atoms with Crippen LogP contribution in [0.1, 0.15) is 28.4 Å². The summed E-state index contributed by atoms with van der Waals surface area (Å²) in [5.74, 6) is 0.375. The third kappa shape index (κ3) is 3.20. The number of aromatic amines is 1. The van der Waals surface area contributed by atoms with E-state index in [1.807, 2.05) is 29.6 Å². The van der Waals surface area contributed by atoms with Gasteiger partial charge in [-0.2, -0.15) is 0 Å². The molecular weight excluding hydrogens is 433 g/mol. The second-order valence-electron chi connectivity index (χ2n) is 6.53. The number of aromatic nitrogens is 3. The molecule has 0 atom stereocenters. The van der Waals surface area contributed by atoms with Crippen LogP contribution in [0, 0.1) is 0 Å². The number of nitrogens with one attached hydrogen (secondary N) is 1. The topological polar surface area (TPSA) is 58.6 Å². The maximum Gasteiger partial charge on any atom is 0.260 e. The van der Waals surface area contributed by atoms with Gasteiger partial charge in [0.25, 0.3) is 5.56 Å². The molecule has 0 unspecified atom stereocenters. The molecule has 1 aliphatic carbocycles. The Morgan fingerprint density at radius 2 is 2.00 bits per heavy atom. The van der Waals surface area contributed by atoms with E-state index in [0.29, 0.717) is 15.9 Å². The smallest absolute Gasteiger partial charge is 0.260 e. The molecule has 0 amide bonds. The number of hydrogen-bond donors (Lipinski definition) is 1. The molecule has 4 aromatic rings. The van der Waals surface area contributed by atoms with E-state index in [0.717, 1.165) is 51.3 Å². The van der Waals surface area contributed by atoms with Crippen molar-refractivity contribution in [3.05, 3.63) is 67.0 Å². The molecule has 0 spiro atoms. The number of fused-ring (bicyclic) bond motifs is 3. The normalized spacial score (nSPS) is 14.0. The lowest BCUT2D eigenvalue weighted by Crippen LogP contribution is -2.10. The molecule has 5 rings (SSSR count). The summed E-state index contributed by atoms with van der Waals surface area (Å²) in [6, 6.07) is 7.53. The molecule has 1 N–H and O–H groups in total. The summed E-state index contributed by atoms with van der Waals surface area (Å²) in [5.41, 5.74) is 2.75. The number of halogens is 2. The average Bonchev–Trinajstić information content (AvgIpc) is 3.38. The van der Waals surface area contributed by atoms with E-state index < -0.39 is 0 Å². The fourth-order valence-corrected chi connectivity index (χ4v) is 5.76. The average molecular weight is 446 g/mol. The number of thiophene rings is 1. The lowest BCUT2D eigenvalue weighted by molar-refractivity contribution is 0.916. The molecule has 1 aliphatic rings. The van der Waals surface area contributed by atoms with Crippen molar-refractivity contribution < 1.29 is 0 Å². The van der Waals surface area contributed by atoms with Gasteiger partial charge in [-0.05, 0) is 43.0 Å². The van der Waals surface area contributed by atoms with Crippen molar-refractivity contribution >= 4 is 67.2 Å². The summed E-state index contributed by atoms with van der Waals surface area (Å²) >= 11 is 15.5. The summed E-state index contributed by atoms with van der Waals surface area (Å²) in [6.07, 6.45) is 4.82. The summed E-state index contributed by atoms with van der Waals surface area (Å²) in [5, 5.41) is 4.57. The first-order chi connectivity index (χ1) is 13.6. The van der Waals surface area contributed by atoms with Crippen molar-refractivity contribution in [1.29, 1.82) is 0 Å². The molecule has 0 saturated heterocycles. The second kappa shape index (κ2) is 7.12. The fourth-order valence-electron chi connectivity index (χ4n) is 3.39. The molecule has 0 radical (unpaired) electrons. The van der Waals surface area contributed by atoms with E-state index in [2.05, 4.69) is 15.0 Å². The van der Waals surface area contributed by atoms with Gasteiger partial charge in [0.2, 0.25) is 0 Å². The SMILES string of the molecule is O=c1[nH]c(/C(Cl)=C/c2csc(-c3ccc(Cl)cc3)n2)nc2sc3c(c12)CCC3. The molecule has 3 aromatic heterocycles. The van der Waals surface area contributed by atoms with E-state index in [4.69, 9.17) is 23.2 Å². The third-order valence-corrected chi connectivity index (χ3v) is 7.32. The van der Waals surface area contributed by atoms with Gasteiger partial charge in [0, 0.05) is 20.8 Å². The van der Waals surface area contributed by atoms with Gasteiger partial charge < -0.3 is 4.98 Å². The van der Waals surface area contributed by atoms with E-state index in [1.54, 1.807) is 17.4 Å². The standard InChI is InChI=1S/C20H13Cl2N3OS2/c21-11-6-4-10(5-7-11)19-23-12(9-27-19)8-14(22)17-24-18(26)16-13-2-1-3-15(13)28-20(16)25-17/h4-9H,1-3H2,(H,24,25,26)/b14-8-. The van der Waals surface area contributed by atoms with Crippen LogP contribution in [-0.2, 0) is 12.8 Å². The molecule has 1 aromatic carbocycles. The maximum atomic E-state index is 12.6. The lowest BCUT2D eigenvalue weighted by atomic mass is 10.2. The van der Waals surface area contributed by atoms with Crippen LogP contribution in [0.25, 0.3) is 31.9 Å². The predicted octanol–water partition coefficient (Wildman–Crippen LogP) is 5.99. The van der Waals surface area contributed by atoms with Crippen LogP contribution >= 0.6 is 45.9 Å². The van der Waals surface area contributed by atoms with Gasteiger partial charge in [-0.1, -0.05) is 35.3 Å². The Bertz CT molecular complexity index is 1290. The van der Waals surface area contributed by atoms with E-state index in [9.17, 15) is 4.79 Å². The van der Waals surface area contributed by atoms with Crippen molar-refractivity contribution in [3.63, 3.8) is 0 Å². The molecule has 0 bridgehead atoms. The molecule has 0 aliphatic heterocycles. The van der Waals surface area contributed by atoms with Gasteiger partial charge in [0.05, 0.1) is 16.1 Å². The number of benzene rings is 1. The molecule has 3 heterocycles. The number of aryl methyl sites for hydroxylation is 2. The quantitative estimate of drug-likeness (QED) is 0.421. The Morgan fingerprint density at radius 3 is 2.82 bits per heavy atom. The van der Waals surface area contributed by atoms with Gasteiger partial charge in [-0.15, -0.1) is 22.7 Å². The molecule has 140 valence electrons. The van der Waals surface area contributed by atoms with Crippen LogP contribution in [0.15, 0.2) is 34.4 Å². The third-order valence-electron chi connectivity index (χ3n) is 4.69. The van der Waals surface area contributed by atoms with Crippen molar-refractivity contribution in [1.82, 2.24) is 15.0 Å². The van der Waals surface area contributed by atoms with Crippen molar-refractivity contribution in [3.8, 4) is 10.6 Å². The molecule has 4 nitrogen and oxygen atoms in total. The first-order valence-corrected chi connectivity index (χ1v) is 11.2. The molecule has 0 fully saturated rings. The minimum absolute atomic E-state index is 0.119. The van der Waals surface area contributed by atoms with Crippen molar-refractivity contribution in [2.75, 3.05) is 0 Å². The zero-order chi connectivity index (χ0) is 19.3. The maximum absolute atomic E-state index is 12.6. The molecular formula is C20H13Cl2N3OS2. The monoisotopic (exact) mass is 445 g/mol. The minimum atomic E-state index is -0.119. The van der Waals surface area contributed by atoms with E-state index in [-0.39, 0.29) is 5.56 Å². The summed E-state index contributed by atoms with van der Waals surface area (Å²) in [4.78, 5) is 26.7. The Labute approximate surface area is 178 Å². The lowest BCUT2D eigenvalue weighted by Gasteiger charge is -2.00. The van der Waals surface area contributed by atoms with Crippen LogP contribution in [-0.4, -0.2) is 15.0 Å². The number of hydrogen-bond acceptors (Lipinski definition) is 5. The first-order valence-electron chi connectivity index (χ1n) is 8.72. The summed E-state index contributed by atoms with van der Waals surface area (Å²) in [7, 11) is 0. The summed E-state index contributed by atoms with van der Waals surface area (Å²) < 4.78 is 0. The summed E-state index contributed by atoms with van der Waals surface area (Å²) in [6.45, 7) is 0.